The minimum atomic E-state index is -0.339. The molecule has 0 aromatic carbocycles. The molecule has 6 heteroatoms. The average molecular weight is 335 g/mol. The summed E-state index contributed by atoms with van der Waals surface area (Å²) >= 11 is 1.74. The van der Waals surface area contributed by atoms with Crippen molar-refractivity contribution >= 4 is 23.3 Å². The number of thiophene rings is 1. The summed E-state index contributed by atoms with van der Waals surface area (Å²) in [6.07, 6.45) is 7.80. The maximum atomic E-state index is 12.2. The van der Waals surface area contributed by atoms with Gasteiger partial charge in [0.15, 0.2) is 0 Å². The van der Waals surface area contributed by atoms with Gasteiger partial charge in [0.2, 0.25) is 5.91 Å². The molecule has 2 heterocycles. The fourth-order valence-electron chi connectivity index (χ4n) is 3.64. The molecule has 1 aliphatic carbocycles. The van der Waals surface area contributed by atoms with Gasteiger partial charge in [-0.05, 0) is 43.7 Å². The Labute approximate surface area is 141 Å². The smallest absolute Gasteiger partial charge is 0.321 e. The summed E-state index contributed by atoms with van der Waals surface area (Å²) in [5.74, 6) is -0.207. The lowest BCUT2D eigenvalue weighted by atomic mass is 9.96. The number of hydrogen-bond acceptors (Lipinski definition) is 4. The molecular formula is C17H25N3O2S. The quantitative estimate of drug-likeness (QED) is 0.889. The third-order valence-corrected chi connectivity index (χ3v) is 5.75. The Balaban J connectivity index is 1.45. The molecule has 1 aliphatic heterocycles. The summed E-state index contributed by atoms with van der Waals surface area (Å²) in [4.78, 5) is 27.6. The van der Waals surface area contributed by atoms with Gasteiger partial charge in [0.1, 0.15) is 0 Å². The van der Waals surface area contributed by atoms with Crippen LogP contribution in [0.4, 0.5) is 4.79 Å². The van der Waals surface area contributed by atoms with Crippen molar-refractivity contribution in [1.82, 2.24) is 15.5 Å². The molecule has 1 saturated carbocycles. The van der Waals surface area contributed by atoms with E-state index in [2.05, 4.69) is 27.0 Å². The summed E-state index contributed by atoms with van der Waals surface area (Å²) in [5.41, 5.74) is 0. The zero-order chi connectivity index (χ0) is 16.1. The Morgan fingerprint density at radius 2 is 2.00 bits per heavy atom. The Kier molecular flexibility index (Phi) is 5.67. The van der Waals surface area contributed by atoms with E-state index in [0.717, 1.165) is 45.1 Å². The van der Waals surface area contributed by atoms with Crippen molar-refractivity contribution in [2.45, 2.75) is 57.0 Å². The Hall–Kier alpha value is -1.40. The second-order valence-electron chi connectivity index (χ2n) is 6.50. The molecule has 2 fully saturated rings. The minimum absolute atomic E-state index is 0.207. The number of nitrogens with one attached hydrogen (secondary N) is 2. The molecule has 0 spiro atoms. The van der Waals surface area contributed by atoms with Crippen molar-refractivity contribution in [3.8, 4) is 0 Å². The number of likely N-dealkylation sites (tertiary alicyclic amines) is 1. The Bertz CT molecular complexity index is 526. The van der Waals surface area contributed by atoms with Crippen molar-refractivity contribution < 1.29 is 9.59 Å². The normalized spacial score (nSPS) is 22.9. The van der Waals surface area contributed by atoms with Gasteiger partial charge < -0.3 is 5.32 Å². The van der Waals surface area contributed by atoms with Gasteiger partial charge in [0, 0.05) is 17.0 Å². The first-order valence-corrected chi connectivity index (χ1v) is 9.48. The number of carbonyl (C=O) groups is 2. The first-order chi connectivity index (χ1) is 11.2. The first-order valence-electron chi connectivity index (χ1n) is 8.60. The molecular weight excluding hydrogens is 310 g/mol. The van der Waals surface area contributed by atoms with Gasteiger partial charge in [-0.3, -0.25) is 15.0 Å². The van der Waals surface area contributed by atoms with Crippen LogP contribution in [0.3, 0.4) is 0 Å². The Morgan fingerprint density at radius 3 is 2.74 bits per heavy atom. The maximum absolute atomic E-state index is 12.2. The van der Waals surface area contributed by atoms with Crippen LogP contribution in [0.1, 0.15) is 55.9 Å². The monoisotopic (exact) mass is 335 g/mol. The molecule has 0 radical (unpaired) electrons. The molecule has 126 valence electrons. The highest BCUT2D eigenvalue weighted by Crippen LogP contribution is 2.33. The predicted octanol–water partition coefficient (Wildman–Crippen LogP) is 3.04. The molecule has 0 bridgehead atoms. The molecule has 23 heavy (non-hydrogen) atoms. The third-order valence-electron chi connectivity index (χ3n) is 4.78. The molecule has 2 aliphatic rings. The number of urea groups is 1. The van der Waals surface area contributed by atoms with E-state index in [4.69, 9.17) is 0 Å². The van der Waals surface area contributed by atoms with Crippen LogP contribution in [0.2, 0.25) is 0 Å². The van der Waals surface area contributed by atoms with E-state index in [9.17, 15) is 9.59 Å². The van der Waals surface area contributed by atoms with Crippen LogP contribution in [-0.2, 0) is 4.79 Å². The van der Waals surface area contributed by atoms with Crippen LogP contribution in [0.25, 0.3) is 0 Å². The topological polar surface area (TPSA) is 61.4 Å². The van der Waals surface area contributed by atoms with Gasteiger partial charge >= 0.3 is 6.03 Å². The molecule has 3 amide bonds. The van der Waals surface area contributed by atoms with Crippen molar-refractivity contribution in [3.63, 3.8) is 0 Å². The molecule has 2 N–H and O–H groups in total. The second kappa shape index (κ2) is 7.93. The fourth-order valence-corrected chi connectivity index (χ4v) is 4.53. The fraction of sp³-hybridized carbons (Fsp3) is 0.647. The second-order valence-corrected chi connectivity index (χ2v) is 7.48. The van der Waals surface area contributed by atoms with Gasteiger partial charge in [-0.25, -0.2) is 4.79 Å². The summed E-state index contributed by atoms with van der Waals surface area (Å²) in [7, 11) is 0. The molecule has 1 saturated heterocycles. The molecule has 1 atom stereocenters. The van der Waals surface area contributed by atoms with E-state index in [1.54, 1.807) is 11.3 Å². The predicted molar refractivity (Wildman–Crippen MR) is 91.4 cm³/mol. The number of rotatable bonds is 4. The molecule has 1 aromatic rings. The van der Waals surface area contributed by atoms with Crippen LogP contribution in [0.5, 0.6) is 0 Å². The number of hydrogen-bond donors (Lipinski definition) is 2. The highest BCUT2D eigenvalue weighted by molar-refractivity contribution is 7.10. The number of amides is 3. The summed E-state index contributed by atoms with van der Waals surface area (Å²) < 4.78 is 0. The first kappa shape index (κ1) is 16.5. The molecule has 5 nitrogen and oxygen atoms in total. The highest BCUT2D eigenvalue weighted by atomic mass is 32.1. The maximum Gasteiger partial charge on any atom is 0.321 e. The third kappa shape index (κ3) is 4.54. The van der Waals surface area contributed by atoms with Crippen molar-refractivity contribution in [1.29, 1.82) is 0 Å². The van der Waals surface area contributed by atoms with E-state index >= 15 is 0 Å². The van der Waals surface area contributed by atoms with Gasteiger partial charge in [0.05, 0.1) is 6.54 Å². The molecule has 1 aromatic heterocycles. The zero-order valence-corrected chi connectivity index (χ0v) is 14.2. The number of nitrogens with zero attached hydrogens (tertiary/aromatic N) is 1. The number of imide groups is 1. The van der Waals surface area contributed by atoms with Crippen molar-refractivity contribution in [3.05, 3.63) is 22.4 Å². The molecule has 3 rings (SSSR count). The van der Waals surface area contributed by atoms with Crippen molar-refractivity contribution in [2.24, 2.45) is 0 Å². The van der Waals surface area contributed by atoms with Crippen LogP contribution in [0, 0.1) is 0 Å². The Morgan fingerprint density at radius 1 is 1.17 bits per heavy atom. The molecule has 0 unspecified atom stereocenters. The van der Waals surface area contributed by atoms with Crippen LogP contribution >= 0.6 is 11.3 Å². The average Bonchev–Trinajstić information content (AvgIpc) is 3.18. The summed E-state index contributed by atoms with van der Waals surface area (Å²) in [5, 5.41) is 7.49. The lowest BCUT2D eigenvalue weighted by Crippen LogP contribution is -2.47. The van der Waals surface area contributed by atoms with Gasteiger partial charge in [-0.15, -0.1) is 11.3 Å². The van der Waals surface area contributed by atoms with Gasteiger partial charge in [0.25, 0.3) is 0 Å². The standard InChI is InChI=1S/C17H25N3O2S/c21-16(19-17(22)18-13-6-2-1-3-7-13)12-20-10-4-8-14(20)15-9-5-11-23-15/h5,9,11,13-14H,1-4,6-8,10,12H2,(H2,18,19,21,22)/t14-/m0/s1. The minimum Gasteiger partial charge on any atom is -0.335 e. The van der Waals surface area contributed by atoms with Crippen LogP contribution in [-0.4, -0.2) is 36.0 Å². The lowest BCUT2D eigenvalue weighted by Gasteiger charge is -2.24. The van der Waals surface area contributed by atoms with E-state index in [1.165, 1.54) is 11.3 Å². The van der Waals surface area contributed by atoms with E-state index in [-0.39, 0.29) is 18.0 Å². The highest BCUT2D eigenvalue weighted by Gasteiger charge is 2.28. The largest absolute Gasteiger partial charge is 0.335 e. The summed E-state index contributed by atoms with van der Waals surface area (Å²) in [6, 6.07) is 4.38. The van der Waals surface area contributed by atoms with E-state index in [1.807, 2.05) is 6.07 Å². The van der Waals surface area contributed by atoms with Gasteiger partial charge in [-0.1, -0.05) is 25.3 Å². The van der Waals surface area contributed by atoms with Crippen LogP contribution < -0.4 is 10.6 Å². The van der Waals surface area contributed by atoms with E-state index < -0.39 is 0 Å². The van der Waals surface area contributed by atoms with Crippen LogP contribution in [0.15, 0.2) is 17.5 Å². The van der Waals surface area contributed by atoms with E-state index in [0.29, 0.717) is 12.6 Å². The zero-order valence-electron chi connectivity index (χ0n) is 13.4. The van der Waals surface area contributed by atoms with Gasteiger partial charge in [-0.2, -0.15) is 0 Å². The van der Waals surface area contributed by atoms with Crippen molar-refractivity contribution in [2.75, 3.05) is 13.1 Å². The lowest BCUT2D eigenvalue weighted by molar-refractivity contribution is -0.121. The number of carbonyl (C=O) groups excluding carboxylic acids is 2. The SMILES string of the molecule is O=C(CN1CCC[C@H]1c1cccs1)NC(=O)NC1CCCCC1. The summed E-state index contributed by atoms with van der Waals surface area (Å²) in [6.45, 7) is 1.21.